The molecule has 47 heavy (non-hydrogen) atoms. The van der Waals surface area contributed by atoms with Crippen molar-refractivity contribution in [2.45, 2.75) is 65.2 Å². The van der Waals surface area contributed by atoms with Gasteiger partial charge in [0, 0.05) is 36.8 Å². The molecular weight excluding hydrogens is 618 g/mol. The summed E-state index contributed by atoms with van der Waals surface area (Å²) in [4.78, 5) is 45.4. The van der Waals surface area contributed by atoms with Crippen LogP contribution in [0.25, 0.3) is 16.9 Å². The van der Waals surface area contributed by atoms with Gasteiger partial charge in [-0.2, -0.15) is 13.2 Å². The van der Waals surface area contributed by atoms with Crippen molar-refractivity contribution >= 4 is 17.5 Å². The van der Waals surface area contributed by atoms with E-state index >= 15 is 0 Å². The normalized spacial score (nSPS) is 13.4. The Morgan fingerprint density at radius 2 is 1.72 bits per heavy atom. The first-order chi connectivity index (χ1) is 22.0. The molecule has 0 radical (unpaired) electrons. The number of nitrogens with one attached hydrogen (secondary N) is 1. The Bertz CT molecular complexity index is 1820. The number of imidazole rings is 1. The lowest BCUT2D eigenvalue weighted by atomic mass is 9.95. The summed E-state index contributed by atoms with van der Waals surface area (Å²) < 4.78 is 58.7. The van der Waals surface area contributed by atoms with Gasteiger partial charge in [0.15, 0.2) is 0 Å². The van der Waals surface area contributed by atoms with E-state index in [0.29, 0.717) is 39.7 Å². The third kappa shape index (κ3) is 8.26. The molecule has 3 heterocycles. The summed E-state index contributed by atoms with van der Waals surface area (Å²) in [5, 5.41) is 12.6. The molecule has 0 aliphatic heterocycles. The van der Waals surface area contributed by atoms with Crippen LogP contribution in [0.4, 0.5) is 17.6 Å². The SMILES string of the molecule is Cc1cc(F)cc(C)c1-c1cc(C(CC(=O)O)NC(=O)C(CC(C)C)n2cc(CCN(C)C)c(C(F)(F)F)cc2=O)cc2nccn12. The van der Waals surface area contributed by atoms with Crippen LogP contribution in [0.2, 0.25) is 0 Å². The van der Waals surface area contributed by atoms with Crippen LogP contribution in [0.1, 0.15) is 66.6 Å². The zero-order chi connectivity index (χ0) is 34.8. The Kier molecular flexibility index (Phi) is 10.6. The number of pyridine rings is 2. The van der Waals surface area contributed by atoms with E-state index in [1.165, 1.54) is 12.1 Å². The van der Waals surface area contributed by atoms with Crippen molar-refractivity contribution < 1.29 is 32.3 Å². The predicted octanol–water partition coefficient (Wildman–Crippen LogP) is 5.96. The molecule has 0 spiro atoms. The maximum Gasteiger partial charge on any atom is 0.416 e. The average molecular weight is 658 g/mol. The number of hydrogen-bond donors (Lipinski definition) is 2. The first-order valence-electron chi connectivity index (χ1n) is 15.2. The smallest absolute Gasteiger partial charge is 0.416 e. The van der Waals surface area contributed by atoms with Crippen LogP contribution in [0.15, 0.2) is 53.7 Å². The third-order valence-electron chi connectivity index (χ3n) is 8.01. The van der Waals surface area contributed by atoms with Gasteiger partial charge < -0.3 is 19.9 Å². The summed E-state index contributed by atoms with van der Waals surface area (Å²) in [6.45, 7) is 7.39. The highest BCUT2D eigenvalue weighted by Gasteiger charge is 2.36. The maximum absolute atomic E-state index is 14.2. The van der Waals surface area contributed by atoms with Gasteiger partial charge in [0.25, 0.3) is 5.56 Å². The molecule has 0 bridgehead atoms. The van der Waals surface area contributed by atoms with Crippen molar-refractivity contribution in [3.05, 3.63) is 92.9 Å². The van der Waals surface area contributed by atoms with E-state index < -0.39 is 53.5 Å². The van der Waals surface area contributed by atoms with Crippen molar-refractivity contribution in [1.29, 1.82) is 0 Å². The summed E-state index contributed by atoms with van der Waals surface area (Å²) in [7, 11) is 3.43. The molecule has 1 aromatic carbocycles. The van der Waals surface area contributed by atoms with Gasteiger partial charge in [-0.15, -0.1) is 0 Å². The van der Waals surface area contributed by atoms with E-state index in [9.17, 15) is 37.1 Å². The number of carbonyl (C=O) groups is 2. The van der Waals surface area contributed by atoms with Crippen molar-refractivity contribution in [3.63, 3.8) is 0 Å². The van der Waals surface area contributed by atoms with Crippen LogP contribution in [-0.2, 0) is 22.2 Å². The second-order valence-electron chi connectivity index (χ2n) is 12.6. The maximum atomic E-state index is 14.2. The van der Waals surface area contributed by atoms with Crippen LogP contribution < -0.4 is 10.9 Å². The number of amides is 1. The second-order valence-corrected chi connectivity index (χ2v) is 12.6. The van der Waals surface area contributed by atoms with Crippen molar-refractivity contribution in [2.24, 2.45) is 5.92 Å². The highest BCUT2D eigenvalue weighted by Crippen LogP contribution is 2.34. The number of rotatable bonds is 12. The highest BCUT2D eigenvalue weighted by molar-refractivity contribution is 5.82. The Morgan fingerprint density at radius 1 is 1.06 bits per heavy atom. The average Bonchev–Trinajstić information content (AvgIpc) is 3.42. The number of fused-ring (bicyclic) bond motifs is 1. The van der Waals surface area contributed by atoms with E-state index in [0.717, 1.165) is 10.8 Å². The second kappa shape index (κ2) is 14.1. The topological polar surface area (TPSA) is 109 Å². The molecule has 13 heteroatoms. The Labute approximate surface area is 269 Å². The van der Waals surface area contributed by atoms with Crippen molar-refractivity contribution in [2.75, 3.05) is 20.6 Å². The fourth-order valence-electron chi connectivity index (χ4n) is 5.88. The minimum absolute atomic E-state index is 0.0187. The van der Waals surface area contributed by atoms with E-state index in [-0.39, 0.29) is 30.9 Å². The summed E-state index contributed by atoms with van der Waals surface area (Å²) >= 11 is 0. The lowest BCUT2D eigenvalue weighted by Crippen LogP contribution is -2.40. The lowest BCUT2D eigenvalue weighted by Gasteiger charge is -2.26. The van der Waals surface area contributed by atoms with Crippen molar-refractivity contribution in [1.82, 2.24) is 24.2 Å². The fraction of sp³-hybridized carbons (Fsp3) is 0.412. The number of carboxylic acid groups (broad SMARTS) is 1. The number of aliphatic carboxylic acids is 1. The lowest BCUT2D eigenvalue weighted by molar-refractivity contribution is -0.139. The summed E-state index contributed by atoms with van der Waals surface area (Å²) in [5.41, 5.74) is 1.24. The number of alkyl halides is 3. The monoisotopic (exact) mass is 657 g/mol. The van der Waals surface area contributed by atoms with E-state index in [2.05, 4.69) is 10.3 Å². The molecule has 0 aliphatic carbocycles. The van der Waals surface area contributed by atoms with Gasteiger partial charge in [-0.05, 0) is 93.2 Å². The molecular formula is C34H39F4N5O4. The number of carboxylic acids is 1. The van der Waals surface area contributed by atoms with Gasteiger partial charge in [0.2, 0.25) is 5.91 Å². The highest BCUT2D eigenvalue weighted by atomic mass is 19.4. The van der Waals surface area contributed by atoms with Crippen LogP contribution in [0.3, 0.4) is 0 Å². The molecule has 1 amide bonds. The molecule has 0 saturated carbocycles. The first kappa shape index (κ1) is 35.3. The number of likely N-dealkylation sites (N-methyl/N-ethyl adjacent to an activating group) is 1. The third-order valence-corrected chi connectivity index (χ3v) is 8.01. The minimum Gasteiger partial charge on any atom is -0.481 e. The van der Waals surface area contributed by atoms with Crippen LogP contribution in [0.5, 0.6) is 0 Å². The zero-order valence-corrected chi connectivity index (χ0v) is 27.2. The Hall–Kier alpha value is -4.52. The van der Waals surface area contributed by atoms with Crippen LogP contribution in [0, 0.1) is 25.6 Å². The van der Waals surface area contributed by atoms with E-state index in [1.54, 1.807) is 61.8 Å². The van der Waals surface area contributed by atoms with Crippen molar-refractivity contribution in [3.8, 4) is 11.3 Å². The number of aryl methyl sites for hydroxylation is 2. The molecule has 2 N–H and O–H groups in total. The Balaban J connectivity index is 1.82. The number of hydrogen-bond acceptors (Lipinski definition) is 5. The summed E-state index contributed by atoms with van der Waals surface area (Å²) in [6, 6.07) is 4.30. The summed E-state index contributed by atoms with van der Waals surface area (Å²) in [6.07, 6.45) is -0.851. The predicted molar refractivity (Wildman–Crippen MR) is 170 cm³/mol. The number of halogens is 4. The molecule has 2 unspecified atom stereocenters. The minimum atomic E-state index is -4.77. The molecule has 4 rings (SSSR count). The van der Waals surface area contributed by atoms with Crippen LogP contribution in [-0.4, -0.2) is 56.5 Å². The molecule has 0 saturated heterocycles. The standard InChI is InChI=1S/C34H39F4N5O4/c1-19(2)11-28(43-18-22(7-9-41(5)6)25(16-30(43)44)34(36,37)38)33(47)40-26(17-31(45)46)23-14-27(42-10-8-39-29(42)15-23)32-20(3)12-24(35)13-21(32)4/h8,10,12-16,18-19,26,28H,7,9,11,17H2,1-6H3,(H,40,47)(H,45,46). The fourth-order valence-corrected chi connectivity index (χ4v) is 5.88. The van der Waals surface area contributed by atoms with Gasteiger partial charge in [0.05, 0.1) is 23.7 Å². The molecule has 0 aliphatic rings. The molecule has 252 valence electrons. The van der Waals surface area contributed by atoms with Gasteiger partial charge in [-0.3, -0.25) is 18.8 Å². The van der Waals surface area contributed by atoms with E-state index in [1.807, 2.05) is 13.8 Å². The van der Waals surface area contributed by atoms with E-state index in [4.69, 9.17) is 0 Å². The van der Waals surface area contributed by atoms with Gasteiger partial charge >= 0.3 is 12.1 Å². The quantitative estimate of drug-likeness (QED) is 0.182. The molecule has 4 aromatic rings. The Morgan fingerprint density at radius 3 is 2.30 bits per heavy atom. The largest absolute Gasteiger partial charge is 0.481 e. The summed E-state index contributed by atoms with van der Waals surface area (Å²) in [5.74, 6) is -2.49. The number of carbonyl (C=O) groups excluding carboxylic acids is 1. The number of aromatic nitrogens is 3. The first-order valence-corrected chi connectivity index (χ1v) is 15.2. The van der Waals surface area contributed by atoms with Gasteiger partial charge in [-0.1, -0.05) is 13.8 Å². The molecule has 9 nitrogen and oxygen atoms in total. The van der Waals surface area contributed by atoms with Crippen LogP contribution >= 0.6 is 0 Å². The molecule has 0 fully saturated rings. The number of nitrogens with zero attached hydrogens (tertiary/aromatic N) is 4. The number of benzene rings is 1. The molecule has 2 atom stereocenters. The van der Waals surface area contributed by atoms with Gasteiger partial charge in [-0.25, -0.2) is 9.37 Å². The van der Waals surface area contributed by atoms with Gasteiger partial charge in [0.1, 0.15) is 17.5 Å². The molecule has 3 aromatic heterocycles. The zero-order valence-electron chi connectivity index (χ0n) is 27.2.